The molecule has 2 unspecified atom stereocenters. The number of ether oxygens (including phenoxy) is 1. The van der Waals surface area contributed by atoms with Crippen molar-refractivity contribution in [2.24, 2.45) is 11.3 Å². The monoisotopic (exact) mass is 523 g/mol. The molecule has 2 aromatic carbocycles. The van der Waals surface area contributed by atoms with Gasteiger partial charge >= 0.3 is 12.8 Å². The third-order valence-corrected chi connectivity index (χ3v) is 7.24. The molecule has 0 aliphatic carbocycles. The molecule has 0 saturated heterocycles. The van der Waals surface area contributed by atoms with E-state index in [-0.39, 0.29) is 28.8 Å². The minimum atomic E-state index is -3.95. The second-order valence-corrected chi connectivity index (χ2v) is 15.7. The van der Waals surface area contributed by atoms with Crippen LogP contribution in [-0.4, -0.2) is 18.6 Å². The molecule has 7 heteroatoms. The van der Waals surface area contributed by atoms with Crippen LogP contribution in [0.2, 0.25) is 0 Å². The molecule has 5 nitrogen and oxygen atoms in total. The van der Waals surface area contributed by atoms with E-state index >= 15 is 0 Å². The summed E-state index contributed by atoms with van der Waals surface area (Å²) in [6, 6.07) is 9.38. The van der Waals surface area contributed by atoms with Gasteiger partial charge in [-0.25, -0.2) is 9.65 Å². The first-order valence-corrected chi connectivity index (χ1v) is 14.8. The Morgan fingerprint density at radius 2 is 1.51 bits per heavy atom. The second-order valence-electron chi connectivity index (χ2n) is 13.0. The summed E-state index contributed by atoms with van der Waals surface area (Å²) in [7, 11) is 0. The molecule has 0 bridgehead atoms. The highest BCUT2D eigenvalue weighted by atomic mass is 35.7. The van der Waals surface area contributed by atoms with Crippen molar-refractivity contribution >= 4 is 34.9 Å². The average Bonchev–Trinajstić information content (AvgIpc) is 2.67. The maximum atomic E-state index is 13.5. The predicted molar refractivity (Wildman–Crippen MR) is 148 cm³/mol. The molecule has 2 rings (SSSR count). The van der Waals surface area contributed by atoms with Gasteiger partial charge in [-0.3, -0.25) is 4.79 Å². The maximum Gasteiger partial charge on any atom is 0.409 e. The Bertz CT molecular complexity index is 1110. The number of benzene rings is 2. The third-order valence-electron chi connectivity index (χ3n) is 5.73. The summed E-state index contributed by atoms with van der Waals surface area (Å²) in [4.78, 5) is 12.8. The smallest absolute Gasteiger partial charge is 0.409 e. The zero-order valence-corrected chi connectivity index (χ0v) is 24.9. The van der Waals surface area contributed by atoms with Gasteiger partial charge in [0.1, 0.15) is 11.8 Å². The zero-order valence-electron chi connectivity index (χ0n) is 23.2. The molecule has 0 heterocycles. The molecule has 0 fully saturated rings. The number of hydrogen-bond acceptors (Lipinski definition) is 4. The highest BCUT2D eigenvalue weighted by Crippen LogP contribution is 2.51. The molecule has 0 radical (unpaired) electrons. The minimum absolute atomic E-state index is 0.0728. The van der Waals surface area contributed by atoms with Gasteiger partial charge < -0.3 is 9.26 Å². The lowest BCUT2D eigenvalue weighted by molar-refractivity contribution is -0.149. The van der Waals surface area contributed by atoms with Crippen molar-refractivity contribution in [3.63, 3.8) is 0 Å². The molecule has 2 atom stereocenters. The number of hydrogen-bond donors (Lipinski definition) is 1. The van der Waals surface area contributed by atoms with Crippen LogP contribution in [0.5, 0.6) is 5.75 Å². The van der Waals surface area contributed by atoms with Crippen molar-refractivity contribution in [3.05, 3.63) is 41.5 Å². The third kappa shape index (κ3) is 8.51. The van der Waals surface area contributed by atoms with Crippen LogP contribution in [0.3, 0.4) is 0 Å². The molecule has 196 valence electrons. The number of carbonyl (C=O) groups is 1. The number of rotatable bonds is 7. The Kier molecular flexibility index (Phi) is 8.85. The highest BCUT2D eigenvalue weighted by molar-refractivity contribution is 7.84. The molecular weight excluding hydrogens is 481 g/mol. The number of esters is 1. The van der Waals surface area contributed by atoms with E-state index in [0.717, 1.165) is 21.9 Å². The fourth-order valence-corrected chi connectivity index (χ4v) is 5.20. The molecule has 0 aromatic heterocycles. The van der Waals surface area contributed by atoms with Crippen LogP contribution in [0.25, 0.3) is 10.8 Å². The molecule has 0 aliphatic rings. The first-order valence-electron chi connectivity index (χ1n) is 12.2. The van der Waals surface area contributed by atoms with Gasteiger partial charge in [0, 0.05) is 16.6 Å². The maximum absolute atomic E-state index is 13.5. The Hall–Kier alpha value is -1.55. The largest absolute Gasteiger partial charge is 0.464 e. The Labute approximate surface area is 216 Å². The summed E-state index contributed by atoms with van der Waals surface area (Å²) in [6.45, 7) is 18.7. The lowest BCUT2D eigenvalue weighted by atomic mass is 9.83. The molecule has 1 N–H and O–H groups in total. The topological polar surface area (TPSA) is 64.6 Å². The molecule has 0 aliphatic heterocycles. The molecule has 0 spiro atoms. The lowest BCUT2D eigenvalue weighted by Crippen LogP contribution is -2.41. The predicted octanol–water partition coefficient (Wildman–Crippen LogP) is 8.36. The fraction of sp³-hybridized carbons (Fsp3) is 0.607. The lowest BCUT2D eigenvalue weighted by Gasteiger charge is -2.27. The molecule has 2 aromatic rings. The standard InChI is InChI=1S/C28H43ClNO4P/c1-18(2)24(25(31)33-17-26(3,4)5)30-35(29,32)34-23-16-21(28(9,10)11)14-19-12-13-20(15-22(19)23)27(6,7)8/h12-16,18,24H,17H2,1-11H3,(H,30,32). The van der Waals surface area contributed by atoms with E-state index < -0.39 is 18.9 Å². The van der Waals surface area contributed by atoms with Crippen molar-refractivity contribution in [2.45, 2.75) is 93.0 Å². The molecule has 35 heavy (non-hydrogen) atoms. The molecular formula is C28H43ClNO4P. The van der Waals surface area contributed by atoms with Crippen LogP contribution < -0.4 is 9.61 Å². The van der Waals surface area contributed by atoms with Crippen LogP contribution in [0.4, 0.5) is 0 Å². The van der Waals surface area contributed by atoms with E-state index in [0.29, 0.717) is 5.75 Å². The van der Waals surface area contributed by atoms with Gasteiger partial charge in [0.05, 0.1) is 6.61 Å². The van der Waals surface area contributed by atoms with Crippen molar-refractivity contribution in [2.75, 3.05) is 6.61 Å². The van der Waals surface area contributed by atoms with Crippen molar-refractivity contribution in [1.82, 2.24) is 5.09 Å². The van der Waals surface area contributed by atoms with Crippen LogP contribution >= 0.6 is 18.1 Å². The Morgan fingerprint density at radius 1 is 0.943 bits per heavy atom. The first kappa shape index (κ1) is 29.7. The van der Waals surface area contributed by atoms with E-state index in [2.05, 4.69) is 70.9 Å². The SMILES string of the molecule is CC(C)C(NP(=O)(Cl)Oc1cc(C(C)(C)C)cc2ccc(C(C)(C)C)cc12)C(=O)OCC(C)(C)C. The molecule has 0 amide bonds. The number of carbonyl (C=O) groups excluding carboxylic acids is 1. The van der Waals surface area contributed by atoms with Gasteiger partial charge in [-0.2, -0.15) is 0 Å². The normalized spacial score (nSPS) is 15.7. The van der Waals surface area contributed by atoms with Crippen LogP contribution in [0, 0.1) is 11.3 Å². The summed E-state index contributed by atoms with van der Waals surface area (Å²) in [5, 5.41) is 4.57. The van der Waals surface area contributed by atoms with Crippen molar-refractivity contribution in [1.29, 1.82) is 0 Å². The number of fused-ring (bicyclic) bond motifs is 1. The second kappa shape index (κ2) is 10.4. The summed E-state index contributed by atoms with van der Waals surface area (Å²) in [5.41, 5.74) is 1.74. The van der Waals surface area contributed by atoms with Crippen LogP contribution in [-0.2, 0) is 24.9 Å². The van der Waals surface area contributed by atoms with Gasteiger partial charge in [-0.15, -0.1) is 0 Å². The minimum Gasteiger partial charge on any atom is -0.464 e. The Morgan fingerprint density at radius 3 is 2.00 bits per heavy atom. The number of halogens is 1. The van der Waals surface area contributed by atoms with Gasteiger partial charge in [-0.05, 0) is 50.8 Å². The van der Waals surface area contributed by atoms with Crippen molar-refractivity contribution in [3.8, 4) is 5.75 Å². The summed E-state index contributed by atoms with van der Waals surface area (Å²) >= 11 is 6.45. The van der Waals surface area contributed by atoms with E-state index in [1.807, 2.05) is 40.7 Å². The van der Waals surface area contributed by atoms with Gasteiger partial charge in [-0.1, -0.05) is 94.4 Å². The fourth-order valence-electron chi connectivity index (χ4n) is 3.47. The summed E-state index contributed by atoms with van der Waals surface area (Å²) in [5.74, 6) is -0.277. The van der Waals surface area contributed by atoms with Crippen molar-refractivity contribution < 1.29 is 18.6 Å². The van der Waals surface area contributed by atoms with E-state index in [1.165, 1.54) is 0 Å². The summed E-state index contributed by atoms with van der Waals surface area (Å²) < 4.78 is 25.0. The van der Waals surface area contributed by atoms with E-state index in [1.54, 1.807) is 0 Å². The average molecular weight is 524 g/mol. The number of nitrogens with one attached hydrogen (secondary N) is 1. The zero-order chi connectivity index (χ0) is 27.0. The van der Waals surface area contributed by atoms with Crippen LogP contribution in [0.1, 0.15) is 87.3 Å². The van der Waals surface area contributed by atoms with Crippen LogP contribution in [0.15, 0.2) is 30.3 Å². The summed E-state index contributed by atoms with van der Waals surface area (Å²) in [6.07, 6.45) is 0. The quantitative estimate of drug-likeness (QED) is 0.291. The molecule has 0 saturated carbocycles. The highest BCUT2D eigenvalue weighted by Gasteiger charge is 2.34. The van der Waals surface area contributed by atoms with Gasteiger partial charge in [0.25, 0.3) is 0 Å². The van der Waals surface area contributed by atoms with Gasteiger partial charge in [0.2, 0.25) is 0 Å². The van der Waals surface area contributed by atoms with Gasteiger partial charge in [0.15, 0.2) is 0 Å². The first-order chi connectivity index (χ1) is 15.7. The Balaban J connectivity index is 2.48. The van der Waals surface area contributed by atoms with E-state index in [4.69, 9.17) is 20.5 Å². The van der Waals surface area contributed by atoms with E-state index in [9.17, 15) is 9.36 Å².